The van der Waals surface area contributed by atoms with Crippen LogP contribution in [-0.4, -0.2) is 44.7 Å². The number of carbonyl (C=O) groups is 1. The van der Waals surface area contributed by atoms with Crippen molar-refractivity contribution in [3.8, 4) is 11.5 Å². The molecule has 2 aliphatic heterocycles. The highest BCUT2D eigenvalue weighted by atomic mass is 16.5. The smallest absolute Gasteiger partial charge is 0.163 e. The summed E-state index contributed by atoms with van der Waals surface area (Å²) in [6.07, 6.45) is 0.841. The van der Waals surface area contributed by atoms with Gasteiger partial charge in [0.05, 0.1) is 12.7 Å². The van der Waals surface area contributed by atoms with Crippen LogP contribution in [0, 0.1) is 13.8 Å². The lowest BCUT2D eigenvalue weighted by molar-refractivity contribution is 0.0997. The van der Waals surface area contributed by atoms with Crippen molar-refractivity contribution in [3.63, 3.8) is 0 Å². The third kappa shape index (κ3) is 3.51. The molecular weight excluding hydrogens is 376 g/mol. The van der Waals surface area contributed by atoms with Gasteiger partial charge in [0.2, 0.25) is 0 Å². The minimum atomic E-state index is -0.268. The number of hydrogen-bond acceptors (Lipinski definition) is 5. The van der Waals surface area contributed by atoms with E-state index in [1.807, 2.05) is 12.1 Å². The molecule has 0 radical (unpaired) electrons. The van der Waals surface area contributed by atoms with Gasteiger partial charge in [-0.15, -0.1) is 0 Å². The van der Waals surface area contributed by atoms with E-state index in [2.05, 4.69) is 49.6 Å². The van der Waals surface area contributed by atoms with Gasteiger partial charge in [0.15, 0.2) is 5.78 Å². The molecule has 0 saturated carbocycles. The molecule has 2 aromatic rings. The van der Waals surface area contributed by atoms with E-state index in [1.54, 1.807) is 14.0 Å². The van der Waals surface area contributed by atoms with Crippen molar-refractivity contribution in [2.75, 3.05) is 43.1 Å². The number of carbonyl (C=O) groups excluding carboxylic acids is 1. The zero-order valence-electron chi connectivity index (χ0n) is 19.0. The summed E-state index contributed by atoms with van der Waals surface area (Å²) in [4.78, 5) is 17.4. The average molecular weight is 409 g/mol. The fourth-order valence-corrected chi connectivity index (χ4v) is 4.98. The van der Waals surface area contributed by atoms with E-state index in [-0.39, 0.29) is 11.4 Å². The summed E-state index contributed by atoms with van der Waals surface area (Å²) in [5.74, 6) is 1.77. The standard InChI is InChI=1S/C25H32N2O3/c1-16-21-15-25(4,5)30-24(21)22(18(3)28)17(2)23(16)27-13-11-26(12-14-27)19-7-9-20(29-6)10-8-19/h7-10H,11-15H2,1-6H3. The molecule has 0 N–H and O–H groups in total. The van der Waals surface area contributed by atoms with Crippen molar-refractivity contribution in [1.29, 1.82) is 0 Å². The maximum Gasteiger partial charge on any atom is 0.163 e. The molecule has 2 aliphatic rings. The van der Waals surface area contributed by atoms with Crippen molar-refractivity contribution in [1.82, 2.24) is 0 Å². The molecule has 0 atom stereocenters. The second-order valence-electron chi connectivity index (χ2n) is 9.05. The van der Waals surface area contributed by atoms with Gasteiger partial charge in [-0.25, -0.2) is 0 Å². The van der Waals surface area contributed by atoms with Crippen LogP contribution in [0.4, 0.5) is 11.4 Å². The maximum atomic E-state index is 12.6. The number of methoxy groups -OCH3 is 1. The molecule has 0 amide bonds. The summed E-state index contributed by atoms with van der Waals surface area (Å²) in [6.45, 7) is 13.8. The van der Waals surface area contributed by atoms with E-state index < -0.39 is 0 Å². The van der Waals surface area contributed by atoms with Gasteiger partial charge in [0, 0.05) is 49.5 Å². The predicted octanol–water partition coefficient (Wildman–Crippen LogP) is 4.55. The van der Waals surface area contributed by atoms with Crippen LogP contribution in [0.1, 0.15) is 47.8 Å². The fourth-order valence-electron chi connectivity index (χ4n) is 4.98. The first kappa shape index (κ1) is 20.6. The van der Waals surface area contributed by atoms with Crippen molar-refractivity contribution < 1.29 is 14.3 Å². The van der Waals surface area contributed by atoms with Gasteiger partial charge in [0.1, 0.15) is 17.1 Å². The zero-order valence-corrected chi connectivity index (χ0v) is 19.0. The van der Waals surface area contributed by atoms with Crippen LogP contribution in [0.2, 0.25) is 0 Å². The summed E-state index contributed by atoms with van der Waals surface area (Å²) in [6, 6.07) is 8.26. The third-order valence-electron chi connectivity index (χ3n) is 6.41. The van der Waals surface area contributed by atoms with Crippen LogP contribution in [0.5, 0.6) is 11.5 Å². The normalized spacial score (nSPS) is 17.5. The summed E-state index contributed by atoms with van der Waals surface area (Å²) in [5, 5.41) is 0. The lowest BCUT2D eigenvalue weighted by Gasteiger charge is -2.39. The maximum absolute atomic E-state index is 12.6. The molecule has 2 heterocycles. The Bertz CT molecular complexity index is 971. The van der Waals surface area contributed by atoms with Gasteiger partial charge in [-0.05, 0) is 70.0 Å². The second-order valence-corrected chi connectivity index (χ2v) is 9.05. The lowest BCUT2D eigenvalue weighted by atomic mass is 9.90. The molecule has 0 aromatic heterocycles. The molecule has 5 heteroatoms. The van der Waals surface area contributed by atoms with Crippen LogP contribution < -0.4 is 19.3 Å². The highest BCUT2D eigenvalue weighted by Crippen LogP contribution is 2.46. The fraction of sp³-hybridized carbons (Fsp3) is 0.480. The molecule has 5 nitrogen and oxygen atoms in total. The number of ether oxygens (including phenoxy) is 2. The van der Waals surface area contributed by atoms with E-state index in [9.17, 15) is 4.79 Å². The Morgan fingerprint density at radius 2 is 1.60 bits per heavy atom. The Morgan fingerprint density at radius 3 is 2.17 bits per heavy atom. The third-order valence-corrected chi connectivity index (χ3v) is 6.41. The van der Waals surface area contributed by atoms with Crippen LogP contribution in [-0.2, 0) is 6.42 Å². The van der Waals surface area contributed by atoms with E-state index in [0.717, 1.165) is 55.2 Å². The van der Waals surface area contributed by atoms with Gasteiger partial charge in [-0.1, -0.05) is 0 Å². The Hall–Kier alpha value is -2.69. The van der Waals surface area contributed by atoms with E-state index >= 15 is 0 Å². The van der Waals surface area contributed by atoms with Crippen molar-refractivity contribution in [2.45, 2.75) is 46.6 Å². The summed E-state index contributed by atoms with van der Waals surface area (Å²) < 4.78 is 11.5. The monoisotopic (exact) mass is 408 g/mol. The minimum Gasteiger partial charge on any atom is -0.497 e. The Balaban J connectivity index is 1.62. The number of ketones is 1. The van der Waals surface area contributed by atoms with Gasteiger partial charge >= 0.3 is 0 Å². The number of nitrogens with zero attached hydrogens (tertiary/aromatic N) is 2. The van der Waals surface area contributed by atoms with Crippen LogP contribution in [0.3, 0.4) is 0 Å². The first-order valence-corrected chi connectivity index (χ1v) is 10.7. The number of benzene rings is 2. The van der Waals surface area contributed by atoms with Crippen molar-refractivity contribution in [2.24, 2.45) is 0 Å². The number of hydrogen-bond donors (Lipinski definition) is 0. The van der Waals surface area contributed by atoms with E-state index in [1.165, 1.54) is 22.5 Å². The van der Waals surface area contributed by atoms with E-state index in [0.29, 0.717) is 0 Å². The number of fused-ring (bicyclic) bond motifs is 1. The zero-order chi connectivity index (χ0) is 21.6. The van der Waals surface area contributed by atoms with Crippen LogP contribution >= 0.6 is 0 Å². The summed E-state index contributed by atoms with van der Waals surface area (Å²) >= 11 is 0. The van der Waals surface area contributed by atoms with Crippen LogP contribution in [0.25, 0.3) is 0 Å². The number of rotatable bonds is 4. The quantitative estimate of drug-likeness (QED) is 0.694. The molecule has 0 spiro atoms. The SMILES string of the molecule is COc1ccc(N2CCN(c3c(C)c4c(c(C(C)=O)c3C)OC(C)(C)C4)CC2)cc1. The van der Waals surface area contributed by atoms with Gasteiger partial charge in [-0.3, -0.25) is 4.79 Å². The number of anilines is 2. The minimum absolute atomic E-state index is 0.0829. The molecule has 1 fully saturated rings. The molecule has 160 valence electrons. The van der Waals surface area contributed by atoms with Gasteiger partial charge in [-0.2, -0.15) is 0 Å². The predicted molar refractivity (Wildman–Crippen MR) is 122 cm³/mol. The first-order valence-electron chi connectivity index (χ1n) is 10.7. The molecule has 4 rings (SSSR count). The molecule has 30 heavy (non-hydrogen) atoms. The molecule has 2 aromatic carbocycles. The molecular formula is C25H32N2O3. The van der Waals surface area contributed by atoms with Crippen molar-refractivity contribution in [3.05, 3.63) is 46.5 Å². The highest BCUT2D eigenvalue weighted by Gasteiger charge is 2.37. The molecule has 0 unspecified atom stereocenters. The Labute approximate surface area is 179 Å². The number of Topliss-reactive ketones (excluding diaryl/α,β-unsaturated/α-hetero) is 1. The Morgan fingerprint density at radius 1 is 1.00 bits per heavy atom. The average Bonchev–Trinajstić information content (AvgIpc) is 3.03. The van der Waals surface area contributed by atoms with Crippen molar-refractivity contribution >= 4 is 17.2 Å². The summed E-state index contributed by atoms with van der Waals surface area (Å²) in [5.41, 5.74) is 6.43. The first-order chi connectivity index (χ1) is 14.2. The van der Waals surface area contributed by atoms with Gasteiger partial charge < -0.3 is 19.3 Å². The number of piperazine rings is 1. The highest BCUT2D eigenvalue weighted by molar-refractivity contribution is 6.01. The second kappa shape index (κ2) is 7.53. The van der Waals surface area contributed by atoms with Gasteiger partial charge in [0.25, 0.3) is 0 Å². The molecule has 1 saturated heterocycles. The Kier molecular flexibility index (Phi) is 5.16. The largest absolute Gasteiger partial charge is 0.497 e. The molecule has 0 aliphatic carbocycles. The van der Waals surface area contributed by atoms with Crippen LogP contribution in [0.15, 0.2) is 24.3 Å². The topological polar surface area (TPSA) is 42.0 Å². The van der Waals surface area contributed by atoms with E-state index in [4.69, 9.17) is 9.47 Å². The lowest BCUT2D eigenvalue weighted by Crippen LogP contribution is -2.47. The molecule has 0 bridgehead atoms. The summed E-state index contributed by atoms with van der Waals surface area (Å²) in [7, 11) is 1.69.